The molecular weight excluding hydrogens is 230 g/mol. The molecule has 0 aromatic carbocycles. The van der Waals surface area contributed by atoms with Crippen molar-refractivity contribution in [3.8, 4) is 0 Å². The Morgan fingerprint density at radius 1 is 1.47 bits per heavy atom. The Hall–Kier alpha value is -1.28. The van der Waals surface area contributed by atoms with Gasteiger partial charge in [-0.2, -0.15) is 0 Å². The highest BCUT2D eigenvalue weighted by atomic mass is 32.2. The van der Waals surface area contributed by atoms with Crippen molar-refractivity contribution < 1.29 is 17.2 Å². The maximum Gasteiger partial charge on any atom is 0.268 e. The second-order valence-corrected chi connectivity index (χ2v) is 4.37. The zero-order valence-electron chi connectivity index (χ0n) is 7.62. The standard InChI is InChI=1S/C7H8F2N2O3S/c1-3-4(6(8)9)2-11-7(12)5(3)15(10,13)14/h2,6H,1H3,(H,11,12)(H2,10,13,14). The second kappa shape index (κ2) is 3.70. The van der Waals surface area contributed by atoms with E-state index in [1.165, 1.54) is 0 Å². The van der Waals surface area contributed by atoms with E-state index in [1.54, 1.807) is 0 Å². The van der Waals surface area contributed by atoms with Crippen molar-refractivity contribution in [1.29, 1.82) is 0 Å². The average molecular weight is 238 g/mol. The van der Waals surface area contributed by atoms with Gasteiger partial charge in [0.25, 0.3) is 12.0 Å². The maximum absolute atomic E-state index is 12.4. The van der Waals surface area contributed by atoms with Crippen LogP contribution in [0.4, 0.5) is 8.78 Å². The molecule has 1 aromatic rings. The number of H-pyrrole nitrogens is 1. The first-order valence-corrected chi connectivity index (χ1v) is 5.33. The number of rotatable bonds is 2. The summed E-state index contributed by atoms with van der Waals surface area (Å²) < 4.78 is 46.7. The van der Waals surface area contributed by atoms with Gasteiger partial charge in [0.2, 0.25) is 10.0 Å². The van der Waals surface area contributed by atoms with Gasteiger partial charge in [0, 0.05) is 11.8 Å². The van der Waals surface area contributed by atoms with Crippen molar-refractivity contribution in [3.05, 3.63) is 27.7 Å². The number of pyridine rings is 1. The van der Waals surface area contributed by atoms with Crippen LogP contribution in [0.15, 0.2) is 15.9 Å². The number of sulfonamides is 1. The van der Waals surface area contributed by atoms with E-state index in [9.17, 15) is 22.0 Å². The lowest BCUT2D eigenvalue weighted by molar-refractivity contribution is 0.149. The first-order chi connectivity index (χ1) is 6.75. The molecular formula is C7H8F2N2O3S. The van der Waals surface area contributed by atoms with Crippen LogP contribution in [0.25, 0.3) is 0 Å². The smallest absolute Gasteiger partial charge is 0.268 e. The van der Waals surface area contributed by atoms with Crippen molar-refractivity contribution in [1.82, 2.24) is 4.98 Å². The Kier molecular flexibility index (Phi) is 2.91. The van der Waals surface area contributed by atoms with Gasteiger partial charge in [-0.25, -0.2) is 22.3 Å². The largest absolute Gasteiger partial charge is 0.327 e. The molecule has 0 amide bonds. The summed E-state index contributed by atoms with van der Waals surface area (Å²) in [6, 6.07) is 0. The van der Waals surface area contributed by atoms with Crippen LogP contribution in [0.5, 0.6) is 0 Å². The van der Waals surface area contributed by atoms with Crippen LogP contribution in [0.3, 0.4) is 0 Å². The van der Waals surface area contributed by atoms with Crippen molar-refractivity contribution in [2.75, 3.05) is 0 Å². The molecule has 0 aliphatic heterocycles. The molecule has 0 aliphatic carbocycles. The van der Waals surface area contributed by atoms with Gasteiger partial charge in [-0.1, -0.05) is 0 Å². The Bertz CT molecular complexity index is 536. The minimum absolute atomic E-state index is 0.323. The molecule has 0 aliphatic rings. The lowest BCUT2D eigenvalue weighted by atomic mass is 10.2. The van der Waals surface area contributed by atoms with Gasteiger partial charge in [0.05, 0.1) is 0 Å². The Morgan fingerprint density at radius 3 is 2.40 bits per heavy atom. The van der Waals surface area contributed by atoms with E-state index in [2.05, 4.69) is 0 Å². The summed E-state index contributed by atoms with van der Waals surface area (Å²) in [5.74, 6) is 0. The van der Waals surface area contributed by atoms with Gasteiger partial charge < -0.3 is 4.98 Å². The molecule has 8 heteroatoms. The zero-order chi connectivity index (χ0) is 11.8. The summed E-state index contributed by atoms with van der Waals surface area (Å²) in [4.78, 5) is 12.2. The number of nitrogens with two attached hydrogens (primary N) is 1. The van der Waals surface area contributed by atoms with Crippen LogP contribution >= 0.6 is 0 Å². The van der Waals surface area contributed by atoms with E-state index in [-0.39, 0.29) is 5.56 Å². The number of alkyl halides is 2. The van der Waals surface area contributed by atoms with E-state index >= 15 is 0 Å². The van der Waals surface area contributed by atoms with Crippen LogP contribution in [-0.2, 0) is 10.0 Å². The zero-order valence-corrected chi connectivity index (χ0v) is 8.44. The summed E-state index contributed by atoms with van der Waals surface area (Å²) in [6.07, 6.45) is -2.10. The fourth-order valence-electron chi connectivity index (χ4n) is 1.19. The monoisotopic (exact) mass is 238 g/mol. The van der Waals surface area contributed by atoms with E-state index in [0.29, 0.717) is 0 Å². The number of nitrogens with one attached hydrogen (secondary N) is 1. The van der Waals surface area contributed by atoms with Gasteiger partial charge in [-0.05, 0) is 12.5 Å². The lowest BCUT2D eigenvalue weighted by Gasteiger charge is -2.07. The molecule has 0 saturated carbocycles. The molecule has 0 spiro atoms. The highest BCUT2D eigenvalue weighted by Gasteiger charge is 2.22. The quantitative estimate of drug-likeness (QED) is 0.774. The molecule has 3 N–H and O–H groups in total. The Labute approximate surface area is 84.0 Å². The number of halogens is 2. The summed E-state index contributed by atoms with van der Waals surface area (Å²) in [7, 11) is -4.30. The average Bonchev–Trinajstić information content (AvgIpc) is 2.00. The second-order valence-electron chi connectivity index (χ2n) is 2.87. The van der Waals surface area contributed by atoms with Crippen molar-refractivity contribution in [2.24, 2.45) is 5.14 Å². The first-order valence-electron chi connectivity index (χ1n) is 3.78. The van der Waals surface area contributed by atoms with Gasteiger partial charge in [-0.15, -0.1) is 0 Å². The molecule has 0 unspecified atom stereocenters. The van der Waals surface area contributed by atoms with Gasteiger partial charge in [-0.3, -0.25) is 4.79 Å². The Morgan fingerprint density at radius 2 is 2.00 bits per heavy atom. The van der Waals surface area contributed by atoms with Gasteiger partial charge in [0.15, 0.2) is 4.90 Å². The molecule has 5 nitrogen and oxygen atoms in total. The van der Waals surface area contributed by atoms with Crippen LogP contribution < -0.4 is 10.7 Å². The number of primary sulfonamides is 1. The molecule has 1 aromatic heterocycles. The Balaban J connectivity index is 3.66. The van der Waals surface area contributed by atoms with Crippen LogP contribution in [-0.4, -0.2) is 13.4 Å². The fourth-order valence-corrected chi connectivity index (χ4v) is 2.05. The van der Waals surface area contributed by atoms with Crippen molar-refractivity contribution in [2.45, 2.75) is 18.2 Å². The highest BCUT2D eigenvalue weighted by molar-refractivity contribution is 7.89. The van der Waals surface area contributed by atoms with Crippen LogP contribution in [0, 0.1) is 6.92 Å². The van der Waals surface area contributed by atoms with Gasteiger partial charge >= 0.3 is 0 Å². The molecule has 1 rings (SSSR count). The minimum Gasteiger partial charge on any atom is -0.327 e. The third-order valence-corrected chi connectivity index (χ3v) is 2.92. The number of aromatic nitrogens is 1. The summed E-state index contributed by atoms with van der Waals surface area (Å²) in [5.41, 5.74) is -1.88. The molecule has 0 fully saturated rings. The molecule has 1 heterocycles. The fraction of sp³-hybridized carbons (Fsp3) is 0.286. The highest BCUT2D eigenvalue weighted by Crippen LogP contribution is 2.23. The number of hydrogen-bond donors (Lipinski definition) is 2. The minimum atomic E-state index is -4.30. The molecule has 84 valence electrons. The third kappa shape index (κ3) is 2.21. The van der Waals surface area contributed by atoms with E-state index in [1.807, 2.05) is 4.98 Å². The van der Waals surface area contributed by atoms with Gasteiger partial charge in [0.1, 0.15) is 0 Å². The summed E-state index contributed by atoms with van der Waals surface area (Å²) in [5, 5.41) is 4.73. The molecule has 0 radical (unpaired) electrons. The summed E-state index contributed by atoms with van der Waals surface area (Å²) in [6.45, 7) is 1.11. The normalized spacial score (nSPS) is 12.1. The van der Waals surface area contributed by atoms with Crippen LogP contribution in [0.1, 0.15) is 17.6 Å². The third-order valence-electron chi connectivity index (χ3n) is 1.86. The topological polar surface area (TPSA) is 93.0 Å². The first kappa shape index (κ1) is 11.8. The van der Waals surface area contributed by atoms with Crippen LogP contribution in [0.2, 0.25) is 0 Å². The predicted molar refractivity (Wildman–Crippen MR) is 48.1 cm³/mol. The SMILES string of the molecule is Cc1c(C(F)F)c[nH]c(=O)c1S(N)(=O)=O. The predicted octanol–water partition coefficient (Wildman–Crippen LogP) is 0.268. The van der Waals surface area contributed by atoms with Crippen molar-refractivity contribution >= 4 is 10.0 Å². The van der Waals surface area contributed by atoms with E-state index in [4.69, 9.17) is 5.14 Å². The van der Waals surface area contributed by atoms with E-state index < -0.39 is 32.5 Å². The molecule has 0 atom stereocenters. The van der Waals surface area contributed by atoms with Crippen molar-refractivity contribution in [3.63, 3.8) is 0 Å². The maximum atomic E-state index is 12.4. The number of hydrogen-bond acceptors (Lipinski definition) is 3. The number of aromatic amines is 1. The van der Waals surface area contributed by atoms with E-state index in [0.717, 1.165) is 13.1 Å². The lowest BCUT2D eigenvalue weighted by Crippen LogP contribution is -2.25. The summed E-state index contributed by atoms with van der Waals surface area (Å²) >= 11 is 0. The molecule has 0 bridgehead atoms. The molecule has 15 heavy (non-hydrogen) atoms. The molecule has 0 saturated heterocycles.